The summed E-state index contributed by atoms with van der Waals surface area (Å²) in [5.74, 6) is 0. The maximum absolute atomic E-state index is 10.1. The zero-order chi connectivity index (χ0) is 60.1. The Morgan fingerprint density at radius 3 is 2.03 bits per heavy atom. The van der Waals surface area contributed by atoms with E-state index in [0.29, 0.717) is 16.8 Å². The summed E-state index contributed by atoms with van der Waals surface area (Å²) in [5, 5.41) is 1.45. The number of nitrogens with zero attached hydrogens (tertiary/aromatic N) is 2. The summed E-state index contributed by atoms with van der Waals surface area (Å²) in [6, 6.07) is 11.6. The van der Waals surface area contributed by atoms with E-state index in [0.717, 1.165) is 40.0 Å². The minimum Gasteiger partial charge on any atom is -0.336 e. The third-order valence-corrected chi connectivity index (χ3v) is 10.9. The average Bonchev–Trinajstić information content (AvgIpc) is 1.77. The van der Waals surface area contributed by atoms with Crippen molar-refractivity contribution in [2.45, 2.75) is 25.7 Å². The van der Waals surface area contributed by atoms with E-state index in [-0.39, 0.29) is 11.1 Å². The van der Waals surface area contributed by atoms with E-state index in [4.69, 9.17) is 19.2 Å². The van der Waals surface area contributed by atoms with Crippen molar-refractivity contribution in [1.82, 2.24) is 4.57 Å². The van der Waals surface area contributed by atoms with Crippen molar-refractivity contribution in [2.75, 3.05) is 4.90 Å². The van der Waals surface area contributed by atoms with Crippen LogP contribution in [0.1, 0.15) is 62.0 Å². The summed E-state index contributed by atoms with van der Waals surface area (Å²) in [7, 11) is 0. The van der Waals surface area contributed by atoms with E-state index in [1.165, 1.54) is 0 Å². The van der Waals surface area contributed by atoms with Crippen LogP contribution in [0.3, 0.4) is 0 Å². The smallest absolute Gasteiger partial charge is 0.0648 e. The van der Waals surface area contributed by atoms with E-state index < -0.39 is 184 Å². The van der Waals surface area contributed by atoms with Gasteiger partial charge >= 0.3 is 0 Å². The standard InChI is InChI=1S/C58H44N2/c1-58(2)53-25-12-9-23-49(53)50-34-33-47(38-54(50)58)60(57-27-14-10-22-48(57)43-19-7-4-8-20-43)46-31-28-42(29-32-46)45-30-35-56-52(37-45)51-24-11-13-26-55(51)59(56)39-40-16-15-21-44(36-40)41-17-5-3-6-18-41/h3-38H,39H2,1-2H3/i1D3,4D,7D,8D,9D,10D,12D,14D,19D,20D,22D,23D,25D,27D,28D,29D,31D,32D,33D,34D,38D. The maximum Gasteiger partial charge on any atom is 0.0648 e. The quantitative estimate of drug-likeness (QED) is 0.149. The Balaban J connectivity index is 1.22. The first-order valence-electron chi connectivity index (χ1n) is 30.6. The molecule has 0 N–H and O–H groups in total. The topological polar surface area (TPSA) is 8.17 Å². The summed E-state index contributed by atoms with van der Waals surface area (Å²) < 4.78 is 214. The lowest BCUT2D eigenvalue weighted by atomic mass is 9.82. The molecule has 0 bridgehead atoms. The highest BCUT2D eigenvalue weighted by Gasteiger charge is 2.36. The van der Waals surface area contributed by atoms with Crippen molar-refractivity contribution < 1.29 is 31.5 Å². The molecule has 9 aromatic carbocycles. The summed E-state index contributed by atoms with van der Waals surface area (Å²) in [6.07, 6.45) is 0. The lowest BCUT2D eigenvalue weighted by molar-refractivity contribution is 0.660. The van der Waals surface area contributed by atoms with Gasteiger partial charge in [0, 0.05) is 54.8 Å². The van der Waals surface area contributed by atoms with E-state index in [1.54, 1.807) is 18.2 Å². The number of benzene rings is 9. The number of hydrogen-bond acceptors (Lipinski definition) is 1. The van der Waals surface area contributed by atoms with Gasteiger partial charge in [-0.3, -0.25) is 0 Å². The molecule has 1 atom stereocenters. The van der Waals surface area contributed by atoms with Crippen LogP contribution in [0.5, 0.6) is 0 Å². The molecule has 0 amide bonds. The van der Waals surface area contributed by atoms with Crippen LogP contribution in [0, 0.1) is 0 Å². The molecule has 286 valence electrons. The molecule has 1 aliphatic carbocycles. The number of anilines is 3. The minimum absolute atomic E-state index is 0.183. The predicted octanol–water partition coefficient (Wildman–Crippen LogP) is 15.6. The lowest BCUT2D eigenvalue weighted by Crippen LogP contribution is -2.16. The van der Waals surface area contributed by atoms with E-state index in [2.05, 4.69) is 10.6 Å². The number of fused-ring (bicyclic) bond motifs is 6. The van der Waals surface area contributed by atoms with Crippen molar-refractivity contribution >= 4 is 38.9 Å². The summed E-state index contributed by atoms with van der Waals surface area (Å²) in [6.45, 7) is -1.85. The first-order valence-corrected chi connectivity index (χ1v) is 19.1. The molecule has 1 aliphatic rings. The molecule has 1 heterocycles. The minimum atomic E-state index is -3.33. The van der Waals surface area contributed by atoms with Crippen LogP contribution in [0.2, 0.25) is 0 Å². The second-order valence-electron chi connectivity index (χ2n) is 14.5. The molecule has 1 unspecified atom stereocenters. The molecular formula is C58H44N2. The predicted molar refractivity (Wildman–Crippen MR) is 254 cm³/mol. The summed E-state index contributed by atoms with van der Waals surface area (Å²) in [5.41, 5.74) is -5.15. The van der Waals surface area contributed by atoms with Crippen LogP contribution in [0.15, 0.2) is 218 Å². The van der Waals surface area contributed by atoms with E-state index in [9.17, 15) is 12.3 Å². The van der Waals surface area contributed by atoms with Crippen molar-refractivity contribution in [3.05, 3.63) is 235 Å². The summed E-state index contributed by atoms with van der Waals surface area (Å²) in [4.78, 5) is 0.531. The number of rotatable bonds is 8. The van der Waals surface area contributed by atoms with Crippen molar-refractivity contribution in [2.24, 2.45) is 0 Å². The number of para-hydroxylation sites is 2. The summed E-state index contributed by atoms with van der Waals surface area (Å²) >= 11 is 0. The third-order valence-electron chi connectivity index (χ3n) is 10.9. The second kappa shape index (κ2) is 14.4. The van der Waals surface area contributed by atoms with Gasteiger partial charge in [0.1, 0.15) is 0 Å². The van der Waals surface area contributed by atoms with Gasteiger partial charge in [0.2, 0.25) is 0 Å². The first kappa shape index (κ1) is 19.1. The molecule has 0 radical (unpaired) electrons. The van der Waals surface area contributed by atoms with Crippen molar-refractivity contribution in [1.29, 1.82) is 0 Å². The molecule has 1 aromatic heterocycles. The van der Waals surface area contributed by atoms with Crippen molar-refractivity contribution in [3.63, 3.8) is 0 Å². The molecular weight excluding hydrogens is 725 g/mol. The number of aromatic nitrogens is 1. The fourth-order valence-electron chi connectivity index (χ4n) is 8.04. The normalized spacial score (nSPS) is 19.9. The van der Waals surface area contributed by atoms with Gasteiger partial charge < -0.3 is 9.47 Å². The van der Waals surface area contributed by atoms with E-state index >= 15 is 0 Å². The largest absolute Gasteiger partial charge is 0.336 e. The zero-order valence-electron chi connectivity index (χ0n) is 54.8. The maximum atomic E-state index is 10.1. The highest BCUT2D eigenvalue weighted by Crippen LogP contribution is 2.51. The highest BCUT2D eigenvalue weighted by molar-refractivity contribution is 6.09. The highest BCUT2D eigenvalue weighted by atomic mass is 15.1. The fourth-order valence-corrected chi connectivity index (χ4v) is 8.04. The van der Waals surface area contributed by atoms with Gasteiger partial charge in [-0.2, -0.15) is 0 Å². The van der Waals surface area contributed by atoms with Crippen molar-refractivity contribution in [3.8, 4) is 44.5 Å². The Morgan fingerprint density at radius 2 is 1.18 bits per heavy atom. The molecule has 0 spiro atoms. The van der Waals surface area contributed by atoms with Crippen LogP contribution < -0.4 is 4.90 Å². The fraction of sp³-hybridized carbons (Fsp3) is 0.0690. The third kappa shape index (κ3) is 6.03. The molecule has 10 aromatic rings. The number of hydrogen-bond donors (Lipinski definition) is 0. The monoisotopic (exact) mass is 791 g/mol. The first-order chi connectivity index (χ1) is 39.1. The van der Waals surface area contributed by atoms with Gasteiger partial charge in [-0.05, 0) is 110 Å². The van der Waals surface area contributed by atoms with Gasteiger partial charge in [0.05, 0.1) is 33.1 Å². The Bertz CT molecular complexity index is 4440. The Labute approximate surface area is 384 Å². The van der Waals surface area contributed by atoms with Crippen LogP contribution >= 0.6 is 0 Å². The zero-order valence-corrected chi connectivity index (χ0v) is 31.8. The van der Waals surface area contributed by atoms with Gasteiger partial charge in [0.25, 0.3) is 0 Å². The van der Waals surface area contributed by atoms with Gasteiger partial charge in [-0.1, -0.05) is 177 Å². The molecule has 2 nitrogen and oxygen atoms in total. The Kier molecular flexibility index (Phi) is 4.60. The van der Waals surface area contributed by atoms with Gasteiger partial charge in [-0.15, -0.1) is 0 Å². The van der Waals surface area contributed by atoms with Gasteiger partial charge in [-0.25, -0.2) is 0 Å². The molecule has 0 saturated carbocycles. The molecule has 60 heavy (non-hydrogen) atoms. The molecule has 2 heteroatoms. The second-order valence-corrected chi connectivity index (χ2v) is 14.5. The molecule has 11 rings (SSSR count). The van der Waals surface area contributed by atoms with Crippen LogP contribution in [-0.2, 0) is 12.0 Å². The van der Waals surface area contributed by atoms with Crippen LogP contribution in [-0.4, -0.2) is 4.57 Å². The van der Waals surface area contributed by atoms with Crippen LogP contribution in [0.4, 0.5) is 17.1 Å². The van der Waals surface area contributed by atoms with E-state index in [1.807, 2.05) is 72.8 Å². The Morgan fingerprint density at radius 1 is 0.500 bits per heavy atom. The Hall–Kier alpha value is -7.42. The average molecular weight is 792 g/mol. The van der Waals surface area contributed by atoms with Gasteiger partial charge in [0.15, 0.2) is 0 Å². The SMILES string of the molecule is [2H]c1c([2H])c([2H])c(-c2c([2H])c([2H])c([2H])c([2H])c2N(c2c([2H])c([2H])c(-c3ccc4c(c3)c3ccccc3n4Cc3cccc(-c4ccccc4)c3)c([2H])c2[2H])c2c([2H])c([2H])c3c(c2[2H])C(C)(C([2H])([2H])[2H])c2c([2H])c([2H])c([2H])c([2H])c2-3)c([2H])c1[2H]. The lowest BCUT2D eigenvalue weighted by Gasteiger charge is -2.30. The molecule has 0 aliphatic heterocycles. The molecule has 0 fully saturated rings. The van der Waals surface area contributed by atoms with Crippen LogP contribution in [0.25, 0.3) is 66.3 Å². The molecule has 0 saturated heterocycles.